The van der Waals surface area contributed by atoms with Gasteiger partial charge < -0.3 is 14.6 Å². The Hall–Kier alpha value is -0.620. The van der Waals surface area contributed by atoms with Gasteiger partial charge in [0.25, 0.3) is 0 Å². The van der Waals surface area contributed by atoms with Crippen LogP contribution in [0.1, 0.15) is 19.4 Å². The average molecular weight is 547 g/mol. The zero-order valence-corrected chi connectivity index (χ0v) is 17.3. The van der Waals surface area contributed by atoms with Gasteiger partial charge in [-0.1, -0.05) is 0 Å². The van der Waals surface area contributed by atoms with Crippen LogP contribution >= 0.6 is 45.2 Å². The second kappa shape index (κ2) is 10.3. The van der Waals surface area contributed by atoms with Crippen LogP contribution in [-0.2, 0) is 25.6 Å². The maximum Gasteiger partial charge on any atom is 0.320 e. The van der Waals surface area contributed by atoms with Crippen molar-refractivity contribution in [3.05, 3.63) is 24.8 Å². The maximum atomic E-state index is 11.7. The summed E-state index contributed by atoms with van der Waals surface area (Å²) < 4.78 is 11.5. The Morgan fingerprint density at radius 1 is 1.09 bits per heavy atom. The molecule has 0 aliphatic carbocycles. The number of aromatic hydroxyl groups is 1. The van der Waals surface area contributed by atoms with Gasteiger partial charge in [0, 0.05) is 15.7 Å². The number of carbonyl (C=O) groups is 2. The fraction of sp³-hybridized carbons (Fsp3) is 0.467. The maximum absolute atomic E-state index is 11.7. The second-order valence-electron chi connectivity index (χ2n) is 4.65. The Labute approximate surface area is 162 Å². The molecule has 0 unspecified atom stereocenters. The van der Waals surface area contributed by atoms with Crippen molar-refractivity contribution in [2.75, 3.05) is 26.3 Å². The van der Waals surface area contributed by atoms with E-state index in [-0.39, 0.29) is 38.6 Å². The van der Waals surface area contributed by atoms with Crippen LogP contribution in [0.4, 0.5) is 0 Å². The van der Waals surface area contributed by atoms with E-state index in [4.69, 9.17) is 9.47 Å². The van der Waals surface area contributed by atoms with Gasteiger partial charge in [-0.3, -0.25) is 14.5 Å². The van der Waals surface area contributed by atoms with Crippen molar-refractivity contribution < 1.29 is 24.2 Å². The third kappa shape index (κ3) is 7.21. The highest BCUT2D eigenvalue weighted by Gasteiger charge is 2.19. The molecule has 1 N–H and O–H groups in total. The first-order valence-electron chi connectivity index (χ1n) is 7.07. The Kier molecular flexibility index (Phi) is 9.14. The molecule has 0 atom stereocenters. The van der Waals surface area contributed by atoms with Gasteiger partial charge in [0.1, 0.15) is 5.75 Å². The molecule has 0 aliphatic rings. The van der Waals surface area contributed by atoms with Crippen molar-refractivity contribution in [1.82, 2.24) is 4.90 Å². The van der Waals surface area contributed by atoms with Crippen LogP contribution in [0.3, 0.4) is 0 Å². The first kappa shape index (κ1) is 20.4. The zero-order chi connectivity index (χ0) is 17.4. The minimum absolute atomic E-state index is 0.0475. The molecule has 1 aromatic rings. The Morgan fingerprint density at radius 3 is 2.09 bits per heavy atom. The van der Waals surface area contributed by atoms with Gasteiger partial charge in [-0.05, 0) is 71.2 Å². The number of carbonyl (C=O) groups excluding carboxylic acids is 2. The van der Waals surface area contributed by atoms with Crippen molar-refractivity contribution in [2.24, 2.45) is 0 Å². The number of phenolic OH excluding ortho intramolecular Hbond substituents is 1. The summed E-state index contributed by atoms with van der Waals surface area (Å²) in [7, 11) is 0. The predicted molar refractivity (Wildman–Crippen MR) is 102 cm³/mol. The van der Waals surface area contributed by atoms with Crippen LogP contribution in [0, 0.1) is 7.14 Å². The van der Waals surface area contributed by atoms with Gasteiger partial charge in [0.2, 0.25) is 0 Å². The highest BCUT2D eigenvalue weighted by molar-refractivity contribution is 14.1. The van der Waals surface area contributed by atoms with Crippen LogP contribution in [0.15, 0.2) is 12.1 Å². The predicted octanol–water partition coefficient (Wildman–Crippen LogP) is 2.53. The van der Waals surface area contributed by atoms with Crippen molar-refractivity contribution in [3.63, 3.8) is 0 Å². The van der Waals surface area contributed by atoms with E-state index in [9.17, 15) is 14.7 Å². The van der Waals surface area contributed by atoms with Gasteiger partial charge in [0.05, 0.1) is 29.9 Å². The summed E-state index contributed by atoms with van der Waals surface area (Å²) >= 11 is 4.20. The number of rotatable bonds is 8. The first-order chi connectivity index (χ1) is 10.9. The van der Waals surface area contributed by atoms with E-state index >= 15 is 0 Å². The van der Waals surface area contributed by atoms with E-state index in [0.29, 0.717) is 5.56 Å². The lowest BCUT2D eigenvalue weighted by molar-refractivity contribution is -0.148. The molecule has 1 aromatic carbocycles. The van der Waals surface area contributed by atoms with E-state index in [0.717, 1.165) is 7.14 Å². The molecule has 0 amide bonds. The average Bonchev–Trinajstić information content (AvgIpc) is 2.44. The number of phenols is 1. The van der Waals surface area contributed by atoms with Crippen LogP contribution in [-0.4, -0.2) is 48.2 Å². The van der Waals surface area contributed by atoms with Gasteiger partial charge in [-0.15, -0.1) is 0 Å². The summed E-state index contributed by atoms with van der Waals surface area (Å²) in [6, 6.07) is 3.67. The summed E-state index contributed by atoms with van der Waals surface area (Å²) in [6.07, 6.45) is 0. The quantitative estimate of drug-likeness (QED) is 0.399. The first-order valence-corrected chi connectivity index (χ1v) is 9.23. The molecule has 6 nitrogen and oxygen atoms in total. The van der Waals surface area contributed by atoms with Crippen LogP contribution in [0.25, 0.3) is 0 Å². The summed E-state index contributed by atoms with van der Waals surface area (Å²) in [6.45, 7) is 4.15. The third-order valence-electron chi connectivity index (χ3n) is 2.82. The molecule has 1 rings (SSSR count). The molecule has 0 heterocycles. The molecule has 0 radical (unpaired) electrons. The molecule has 23 heavy (non-hydrogen) atoms. The van der Waals surface area contributed by atoms with Gasteiger partial charge in [-0.25, -0.2) is 0 Å². The van der Waals surface area contributed by atoms with Gasteiger partial charge >= 0.3 is 11.9 Å². The van der Waals surface area contributed by atoms with Gasteiger partial charge in [-0.2, -0.15) is 0 Å². The fourth-order valence-electron chi connectivity index (χ4n) is 1.93. The monoisotopic (exact) mass is 547 g/mol. The minimum Gasteiger partial charge on any atom is -0.507 e. The van der Waals surface area contributed by atoms with Gasteiger partial charge in [0.15, 0.2) is 0 Å². The van der Waals surface area contributed by atoms with Crippen LogP contribution < -0.4 is 0 Å². The molecule has 0 saturated heterocycles. The highest BCUT2D eigenvalue weighted by Crippen LogP contribution is 2.28. The molecule has 0 aliphatic heterocycles. The van der Waals surface area contributed by atoms with Crippen molar-refractivity contribution in [2.45, 2.75) is 20.4 Å². The van der Waals surface area contributed by atoms with Crippen LogP contribution in [0.5, 0.6) is 5.75 Å². The molecule has 0 bridgehead atoms. The molecule has 0 spiro atoms. The van der Waals surface area contributed by atoms with E-state index < -0.39 is 11.9 Å². The van der Waals surface area contributed by atoms with E-state index in [1.807, 2.05) is 34.7 Å². The normalized spacial score (nSPS) is 10.7. The number of halogens is 2. The molecule has 128 valence electrons. The minimum atomic E-state index is -0.420. The Balaban J connectivity index is 2.91. The second-order valence-corrected chi connectivity index (χ2v) is 7.06. The van der Waals surface area contributed by atoms with Crippen molar-refractivity contribution in [1.29, 1.82) is 0 Å². The molecule has 8 heteroatoms. The zero-order valence-electron chi connectivity index (χ0n) is 13.0. The molecular formula is C15H19I2NO5. The largest absolute Gasteiger partial charge is 0.507 e. The van der Waals surface area contributed by atoms with Crippen molar-refractivity contribution in [3.8, 4) is 5.75 Å². The summed E-state index contributed by atoms with van der Waals surface area (Å²) in [5, 5.41) is 10.2. The number of benzene rings is 1. The fourth-order valence-corrected chi connectivity index (χ4v) is 3.89. The molecule has 0 saturated carbocycles. The summed E-state index contributed by atoms with van der Waals surface area (Å²) in [5.41, 5.74) is 0.648. The molecule has 0 aromatic heterocycles. The van der Waals surface area contributed by atoms with E-state index in [1.54, 1.807) is 18.7 Å². The Bertz CT molecular complexity index is 545. The topological polar surface area (TPSA) is 76.1 Å². The van der Waals surface area contributed by atoms with E-state index in [1.165, 1.54) is 0 Å². The molecule has 0 fully saturated rings. The number of hydrogen-bond acceptors (Lipinski definition) is 6. The summed E-state index contributed by atoms with van der Waals surface area (Å²) in [5.74, 6) is -0.683. The smallest absolute Gasteiger partial charge is 0.320 e. The lowest BCUT2D eigenvalue weighted by Gasteiger charge is -2.21. The SMILES string of the molecule is CCOC(=O)CN(CC(=O)OCC)Cc1cc(I)cc(I)c1O. The number of hydrogen-bond donors (Lipinski definition) is 1. The van der Waals surface area contributed by atoms with Crippen molar-refractivity contribution >= 4 is 57.1 Å². The lowest BCUT2D eigenvalue weighted by Crippen LogP contribution is -2.35. The number of esters is 2. The third-order valence-corrected chi connectivity index (χ3v) is 4.26. The lowest BCUT2D eigenvalue weighted by atomic mass is 10.2. The molecular weight excluding hydrogens is 528 g/mol. The number of nitrogens with zero attached hydrogens (tertiary/aromatic N) is 1. The van der Waals surface area contributed by atoms with E-state index in [2.05, 4.69) is 22.6 Å². The standard InChI is InChI=1S/C15H19I2NO5/c1-3-22-13(19)8-18(9-14(20)23-4-2)7-10-5-11(16)6-12(17)15(10)21/h5-6,21H,3-4,7-9H2,1-2H3. The summed E-state index contributed by atoms with van der Waals surface area (Å²) in [4.78, 5) is 25.0. The Morgan fingerprint density at radius 2 is 1.61 bits per heavy atom. The number of ether oxygens (including phenoxy) is 2. The highest BCUT2D eigenvalue weighted by atomic mass is 127. The van der Waals surface area contributed by atoms with Crippen LogP contribution in [0.2, 0.25) is 0 Å².